The van der Waals surface area contributed by atoms with Gasteiger partial charge >= 0.3 is 5.69 Å². The number of rotatable bonds is 2. The Hall–Kier alpha value is -4.72. The summed E-state index contributed by atoms with van der Waals surface area (Å²) in [5, 5.41) is 4.16. The minimum Gasteiger partial charge on any atom is -0.454 e. The first-order valence-corrected chi connectivity index (χ1v) is 11.7. The second-order valence-corrected chi connectivity index (χ2v) is 9.07. The normalized spacial score (nSPS) is 15.4. The Kier molecular flexibility index (Phi) is 4.23. The summed E-state index contributed by atoms with van der Waals surface area (Å²) in [6.45, 7) is 0.182. The van der Waals surface area contributed by atoms with Crippen LogP contribution in [-0.4, -0.2) is 20.5 Å². The van der Waals surface area contributed by atoms with Gasteiger partial charge in [0.1, 0.15) is 0 Å². The first-order valence-electron chi connectivity index (χ1n) is 11.7. The zero-order chi connectivity index (χ0) is 24.6. The third kappa shape index (κ3) is 2.69. The van der Waals surface area contributed by atoms with E-state index in [4.69, 9.17) is 9.47 Å². The molecule has 0 fully saturated rings. The summed E-state index contributed by atoms with van der Waals surface area (Å²) in [7, 11) is 3.24. The fraction of sp³-hybridized carbons (Fsp3) is 0.143. The second kappa shape index (κ2) is 7.39. The number of anilines is 1. The van der Waals surface area contributed by atoms with E-state index in [1.54, 1.807) is 11.6 Å². The maximum Gasteiger partial charge on any atom is 0.331 e. The Labute approximate surface area is 205 Å². The lowest BCUT2D eigenvalue weighted by Crippen LogP contribution is -2.37. The highest BCUT2D eigenvalue weighted by Gasteiger charge is 2.35. The van der Waals surface area contributed by atoms with Crippen molar-refractivity contribution in [1.82, 2.24) is 13.7 Å². The van der Waals surface area contributed by atoms with Crippen LogP contribution < -0.4 is 26.0 Å². The van der Waals surface area contributed by atoms with Crippen molar-refractivity contribution in [1.29, 1.82) is 0 Å². The van der Waals surface area contributed by atoms with Gasteiger partial charge in [-0.05, 0) is 35.4 Å². The standard InChI is InChI=1S/C28H22N4O4/c1-30-25-22(27(33)31(2)28(30)34)24(16-8-4-3-5-9-16)32-19-11-7-6-10-18(19)29-23(26(25)32)17-12-13-20-21(14-17)36-15-35-20/h3-14,23,29H,15H2,1-2H3/t23-/m0/s1. The predicted octanol–water partition coefficient (Wildman–Crippen LogP) is 3.94. The first-order chi connectivity index (χ1) is 17.5. The summed E-state index contributed by atoms with van der Waals surface area (Å²) >= 11 is 0. The van der Waals surface area contributed by atoms with E-state index < -0.39 is 0 Å². The number of hydrogen-bond acceptors (Lipinski definition) is 5. The molecule has 2 aliphatic rings. The average Bonchev–Trinajstić information content (AvgIpc) is 3.53. The largest absolute Gasteiger partial charge is 0.454 e. The fourth-order valence-electron chi connectivity index (χ4n) is 5.43. The molecule has 2 aromatic heterocycles. The van der Waals surface area contributed by atoms with Crippen LogP contribution >= 0.6 is 0 Å². The highest BCUT2D eigenvalue weighted by molar-refractivity contribution is 5.99. The lowest BCUT2D eigenvalue weighted by atomic mass is 9.99. The van der Waals surface area contributed by atoms with Gasteiger partial charge in [0.15, 0.2) is 11.5 Å². The van der Waals surface area contributed by atoms with Gasteiger partial charge < -0.3 is 19.4 Å². The van der Waals surface area contributed by atoms with Crippen molar-refractivity contribution in [2.45, 2.75) is 6.04 Å². The first kappa shape index (κ1) is 20.6. The van der Waals surface area contributed by atoms with Crippen LogP contribution in [0.5, 0.6) is 11.5 Å². The van der Waals surface area contributed by atoms with Gasteiger partial charge in [-0.25, -0.2) is 4.79 Å². The predicted molar refractivity (Wildman–Crippen MR) is 137 cm³/mol. The van der Waals surface area contributed by atoms with E-state index in [0.717, 1.165) is 33.9 Å². The van der Waals surface area contributed by atoms with Crippen LogP contribution in [0.15, 0.2) is 82.4 Å². The maximum absolute atomic E-state index is 13.7. The van der Waals surface area contributed by atoms with Gasteiger partial charge in [0.05, 0.1) is 39.7 Å². The Morgan fingerprint density at radius 1 is 0.861 bits per heavy atom. The van der Waals surface area contributed by atoms with Crippen molar-refractivity contribution >= 4 is 16.6 Å². The second-order valence-electron chi connectivity index (χ2n) is 9.07. The van der Waals surface area contributed by atoms with Crippen LogP contribution in [0.3, 0.4) is 0 Å². The molecule has 0 saturated heterocycles. The third-order valence-corrected chi connectivity index (χ3v) is 7.10. The molecule has 0 bridgehead atoms. The number of nitrogens with one attached hydrogen (secondary N) is 1. The monoisotopic (exact) mass is 478 g/mol. The number of nitrogens with zero attached hydrogens (tertiary/aromatic N) is 3. The summed E-state index contributed by atoms with van der Waals surface area (Å²) in [4.78, 5) is 26.8. The number of aromatic nitrogens is 3. The number of hydrogen-bond donors (Lipinski definition) is 1. The Morgan fingerprint density at radius 3 is 2.44 bits per heavy atom. The van der Waals surface area contributed by atoms with Crippen LogP contribution in [0.25, 0.3) is 27.8 Å². The van der Waals surface area contributed by atoms with Crippen molar-refractivity contribution in [3.8, 4) is 28.4 Å². The van der Waals surface area contributed by atoms with Crippen LogP contribution in [0.4, 0.5) is 5.69 Å². The van der Waals surface area contributed by atoms with Crippen molar-refractivity contribution in [3.05, 3.63) is 105 Å². The summed E-state index contributed by atoms with van der Waals surface area (Å²) in [5.41, 5.74) is 5.15. The van der Waals surface area contributed by atoms with Gasteiger partial charge in [0, 0.05) is 14.1 Å². The van der Waals surface area contributed by atoms with E-state index in [1.165, 1.54) is 11.6 Å². The van der Waals surface area contributed by atoms with Crippen molar-refractivity contribution in [3.63, 3.8) is 0 Å². The fourth-order valence-corrected chi connectivity index (χ4v) is 5.43. The molecule has 2 aliphatic heterocycles. The van der Waals surface area contributed by atoms with Crippen molar-refractivity contribution in [2.75, 3.05) is 12.1 Å². The molecule has 0 spiro atoms. The molecule has 0 radical (unpaired) electrons. The molecule has 0 saturated carbocycles. The summed E-state index contributed by atoms with van der Waals surface area (Å²) in [5.74, 6) is 1.37. The Balaban J connectivity index is 1.67. The van der Waals surface area contributed by atoms with E-state index in [2.05, 4.69) is 9.88 Å². The molecule has 0 unspecified atom stereocenters. The van der Waals surface area contributed by atoms with Gasteiger partial charge in [-0.3, -0.25) is 13.9 Å². The van der Waals surface area contributed by atoms with E-state index in [9.17, 15) is 9.59 Å². The number of benzene rings is 3. The Bertz CT molecular complexity index is 1810. The summed E-state index contributed by atoms with van der Waals surface area (Å²) in [6, 6.07) is 23.3. The quantitative estimate of drug-likeness (QED) is 0.416. The lowest BCUT2D eigenvalue weighted by molar-refractivity contribution is 0.174. The molecular formula is C28H22N4O4. The SMILES string of the molecule is Cn1c(=O)c2c(-c3ccccc3)n3c(c2n(C)c1=O)[C@H](c1ccc2c(c1)OCO2)Nc1ccccc1-3. The molecule has 3 aromatic carbocycles. The third-order valence-electron chi connectivity index (χ3n) is 7.10. The van der Waals surface area contributed by atoms with Crippen LogP contribution in [0.1, 0.15) is 17.3 Å². The van der Waals surface area contributed by atoms with Crippen LogP contribution in [0, 0.1) is 0 Å². The summed E-state index contributed by atoms with van der Waals surface area (Å²) in [6.07, 6.45) is 0. The smallest absolute Gasteiger partial charge is 0.331 e. The average molecular weight is 479 g/mol. The molecule has 1 atom stereocenters. The van der Waals surface area contributed by atoms with E-state index in [1.807, 2.05) is 72.8 Å². The minimum atomic E-state index is -0.371. The molecule has 1 N–H and O–H groups in total. The number of ether oxygens (including phenoxy) is 2. The number of aryl methyl sites for hydroxylation is 1. The molecule has 8 heteroatoms. The summed E-state index contributed by atoms with van der Waals surface area (Å²) < 4.78 is 16.1. The molecular weight excluding hydrogens is 456 g/mol. The molecule has 0 amide bonds. The van der Waals surface area contributed by atoms with E-state index in [-0.39, 0.29) is 24.1 Å². The van der Waals surface area contributed by atoms with Gasteiger partial charge in [0.2, 0.25) is 6.79 Å². The van der Waals surface area contributed by atoms with E-state index in [0.29, 0.717) is 22.4 Å². The number of para-hydroxylation sites is 2. The molecule has 7 rings (SSSR count). The van der Waals surface area contributed by atoms with Gasteiger partial charge in [-0.1, -0.05) is 48.5 Å². The molecule has 178 valence electrons. The van der Waals surface area contributed by atoms with E-state index >= 15 is 0 Å². The van der Waals surface area contributed by atoms with Crippen LogP contribution in [0.2, 0.25) is 0 Å². The molecule has 36 heavy (non-hydrogen) atoms. The van der Waals surface area contributed by atoms with Gasteiger partial charge in [-0.2, -0.15) is 0 Å². The topological polar surface area (TPSA) is 79.4 Å². The zero-order valence-electron chi connectivity index (χ0n) is 19.7. The highest BCUT2D eigenvalue weighted by Crippen LogP contribution is 2.46. The number of fused-ring (bicyclic) bond motifs is 6. The van der Waals surface area contributed by atoms with Crippen molar-refractivity contribution in [2.24, 2.45) is 14.1 Å². The molecule has 8 nitrogen and oxygen atoms in total. The van der Waals surface area contributed by atoms with Crippen molar-refractivity contribution < 1.29 is 9.47 Å². The molecule has 4 heterocycles. The maximum atomic E-state index is 13.7. The minimum absolute atomic E-state index is 0.182. The van der Waals surface area contributed by atoms with Gasteiger partial charge in [-0.15, -0.1) is 0 Å². The Morgan fingerprint density at radius 2 is 1.61 bits per heavy atom. The lowest BCUT2D eigenvalue weighted by Gasteiger charge is -2.31. The van der Waals surface area contributed by atoms with Gasteiger partial charge in [0.25, 0.3) is 5.56 Å². The molecule has 5 aromatic rings. The zero-order valence-corrected chi connectivity index (χ0v) is 19.7. The molecule has 0 aliphatic carbocycles. The van der Waals surface area contributed by atoms with Crippen LogP contribution in [-0.2, 0) is 14.1 Å². The highest BCUT2D eigenvalue weighted by atomic mass is 16.7.